The summed E-state index contributed by atoms with van der Waals surface area (Å²) in [6.07, 6.45) is 0. The fourth-order valence-electron chi connectivity index (χ4n) is 2.14. The largest absolute Gasteiger partial charge is 0.736 e. The van der Waals surface area contributed by atoms with Gasteiger partial charge in [0.15, 0.2) is 0 Å². The van der Waals surface area contributed by atoms with Crippen molar-refractivity contribution in [2.75, 3.05) is 0 Å². The van der Waals surface area contributed by atoms with Gasteiger partial charge in [0, 0.05) is 5.39 Å². The molecule has 0 saturated carbocycles. The molecule has 3 aromatic rings. The predicted octanol–water partition coefficient (Wildman–Crippen LogP) is 3.54. The molecule has 0 aliphatic heterocycles. The van der Waals surface area contributed by atoms with Crippen LogP contribution in [0.2, 0.25) is 0 Å². The lowest BCUT2D eigenvalue weighted by Gasteiger charge is -2.23. The van der Waals surface area contributed by atoms with Crippen LogP contribution < -0.4 is 9.42 Å². The van der Waals surface area contributed by atoms with Crippen LogP contribution in [0.4, 0.5) is 0 Å². The van der Waals surface area contributed by atoms with E-state index in [-0.39, 0.29) is 11.3 Å². The quantitative estimate of drug-likeness (QED) is 0.685. The minimum absolute atomic E-state index is 0.113. The van der Waals surface area contributed by atoms with Gasteiger partial charge < -0.3 is 13.9 Å². The fourth-order valence-corrected chi connectivity index (χ4v) is 2.89. The Morgan fingerprint density at radius 3 is 2.30 bits per heavy atom. The summed E-state index contributed by atoms with van der Waals surface area (Å²) in [5, 5.41) is 1.43. The molecule has 0 aromatic heterocycles. The van der Waals surface area contributed by atoms with E-state index in [1.54, 1.807) is 36.4 Å². The lowest BCUT2D eigenvalue weighted by molar-refractivity contribution is -0.211. The third-order valence-electron chi connectivity index (χ3n) is 3.16. The van der Waals surface area contributed by atoms with E-state index >= 15 is 0 Å². The van der Waals surface area contributed by atoms with Crippen molar-refractivity contribution >= 4 is 24.6 Å². The van der Waals surface area contributed by atoms with Gasteiger partial charge in [0.05, 0.1) is 5.56 Å². The van der Waals surface area contributed by atoms with E-state index in [4.69, 9.17) is 4.52 Å². The van der Waals surface area contributed by atoms with E-state index in [2.05, 4.69) is 4.52 Å². The second-order valence-electron chi connectivity index (χ2n) is 4.76. The van der Waals surface area contributed by atoms with Gasteiger partial charge in [0.1, 0.15) is 5.75 Å². The monoisotopic (exact) mass is 327 g/mol. The summed E-state index contributed by atoms with van der Waals surface area (Å²) in [7, 11) is -4.84. The maximum absolute atomic E-state index is 12.0. The van der Waals surface area contributed by atoms with Gasteiger partial charge in [-0.3, -0.25) is 0 Å². The number of fused-ring (bicyclic) bond motifs is 1. The fraction of sp³-hybridized carbons (Fsp3) is 0. The molecule has 116 valence electrons. The Morgan fingerprint density at radius 2 is 1.52 bits per heavy atom. The molecule has 0 saturated heterocycles. The first kappa shape index (κ1) is 15.3. The van der Waals surface area contributed by atoms with Gasteiger partial charge in [-0.15, -0.1) is 0 Å². The molecule has 3 aromatic carbocycles. The van der Waals surface area contributed by atoms with Crippen LogP contribution in [-0.4, -0.2) is 5.97 Å². The number of carbonyl (C=O) groups excluding carboxylic acids is 1. The highest BCUT2D eigenvalue weighted by Crippen LogP contribution is 2.42. The van der Waals surface area contributed by atoms with Crippen molar-refractivity contribution in [3.63, 3.8) is 0 Å². The molecular formula is C17H12O5P-. The lowest BCUT2D eigenvalue weighted by Crippen LogP contribution is -2.15. The summed E-state index contributed by atoms with van der Waals surface area (Å²) in [4.78, 5) is 23.8. The second kappa shape index (κ2) is 6.24. The molecule has 0 N–H and O–H groups in total. The first-order valence-corrected chi connectivity index (χ1v) is 8.29. The van der Waals surface area contributed by atoms with Crippen LogP contribution in [-0.2, 0) is 9.09 Å². The summed E-state index contributed by atoms with van der Waals surface area (Å²) in [6.45, 7) is 0. The van der Waals surface area contributed by atoms with Crippen molar-refractivity contribution in [2.45, 2.75) is 0 Å². The molecular weight excluding hydrogens is 315 g/mol. The van der Waals surface area contributed by atoms with Crippen LogP contribution in [0.5, 0.6) is 5.75 Å². The molecule has 0 fully saturated rings. The Bertz CT molecular complexity index is 886. The maximum atomic E-state index is 12.0. The average molecular weight is 327 g/mol. The van der Waals surface area contributed by atoms with Crippen molar-refractivity contribution in [1.82, 2.24) is 0 Å². The molecule has 0 spiro atoms. The number of phosphoric acid groups is 1. The third kappa shape index (κ3) is 3.59. The van der Waals surface area contributed by atoms with E-state index < -0.39 is 13.8 Å². The van der Waals surface area contributed by atoms with Crippen LogP contribution in [0.1, 0.15) is 10.4 Å². The maximum Gasteiger partial charge on any atom is 0.375 e. The van der Waals surface area contributed by atoms with E-state index in [1.165, 1.54) is 18.2 Å². The molecule has 3 rings (SSSR count). The number of hydrogen-bond donors (Lipinski definition) is 0. The van der Waals surface area contributed by atoms with Gasteiger partial charge >= 0.3 is 13.8 Å². The summed E-state index contributed by atoms with van der Waals surface area (Å²) in [6, 6.07) is 20.0. The zero-order valence-corrected chi connectivity index (χ0v) is 12.8. The number of hydrogen-bond acceptors (Lipinski definition) is 5. The van der Waals surface area contributed by atoms with Crippen molar-refractivity contribution in [1.29, 1.82) is 0 Å². The molecule has 0 radical (unpaired) electrons. The molecule has 1 atom stereocenters. The molecule has 1 unspecified atom stereocenters. The van der Waals surface area contributed by atoms with E-state index in [9.17, 15) is 14.3 Å². The Morgan fingerprint density at radius 1 is 0.870 bits per heavy atom. The molecule has 0 bridgehead atoms. The van der Waals surface area contributed by atoms with Gasteiger partial charge in [-0.1, -0.05) is 54.6 Å². The molecule has 5 nitrogen and oxygen atoms in total. The Labute approximate surface area is 132 Å². The molecule has 0 aliphatic carbocycles. The number of benzene rings is 3. The average Bonchev–Trinajstić information content (AvgIpc) is 2.55. The first-order valence-electron chi connectivity index (χ1n) is 6.82. The van der Waals surface area contributed by atoms with Crippen molar-refractivity contribution in [3.05, 3.63) is 78.4 Å². The molecule has 6 heteroatoms. The topological polar surface area (TPSA) is 75.7 Å². The van der Waals surface area contributed by atoms with Gasteiger partial charge in [0.2, 0.25) is 0 Å². The zero-order valence-electron chi connectivity index (χ0n) is 11.9. The Kier molecular flexibility index (Phi) is 4.15. The van der Waals surface area contributed by atoms with E-state index in [0.717, 1.165) is 5.39 Å². The van der Waals surface area contributed by atoms with Gasteiger partial charge in [0.25, 0.3) is 0 Å². The van der Waals surface area contributed by atoms with Gasteiger partial charge in [-0.2, -0.15) is 0 Å². The van der Waals surface area contributed by atoms with Crippen LogP contribution in [0.25, 0.3) is 10.8 Å². The standard InChI is InChI=1S/C17H13O5P/c18-17(14-8-2-1-3-9-14)22-23(19,20)21-16-12-6-10-13-7-4-5-11-15(13)16/h1-12H,(H,19,20)/p-1. The van der Waals surface area contributed by atoms with Crippen LogP contribution in [0, 0.1) is 0 Å². The van der Waals surface area contributed by atoms with Crippen LogP contribution in [0.15, 0.2) is 72.8 Å². The molecule has 0 amide bonds. The van der Waals surface area contributed by atoms with Crippen LogP contribution >= 0.6 is 7.82 Å². The first-order chi connectivity index (χ1) is 11.1. The van der Waals surface area contributed by atoms with Crippen molar-refractivity contribution in [3.8, 4) is 5.75 Å². The normalized spacial score (nSPS) is 13.3. The van der Waals surface area contributed by atoms with Crippen LogP contribution in [0.3, 0.4) is 0 Å². The summed E-state index contributed by atoms with van der Waals surface area (Å²) in [5.41, 5.74) is 0.130. The van der Waals surface area contributed by atoms with Crippen molar-refractivity contribution in [2.24, 2.45) is 0 Å². The lowest BCUT2D eigenvalue weighted by atomic mass is 10.1. The molecule has 23 heavy (non-hydrogen) atoms. The summed E-state index contributed by atoms with van der Waals surface area (Å²) < 4.78 is 21.5. The number of rotatable bonds is 4. The highest BCUT2D eigenvalue weighted by Gasteiger charge is 2.19. The van der Waals surface area contributed by atoms with Gasteiger partial charge in [-0.25, -0.2) is 9.36 Å². The van der Waals surface area contributed by atoms with E-state index in [0.29, 0.717) is 5.39 Å². The van der Waals surface area contributed by atoms with Gasteiger partial charge in [-0.05, 0) is 23.6 Å². The summed E-state index contributed by atoms with van der Waals surface area (Å²) in [5.74, 6) is -0.869. The smallest absolute Gasteiger partial charge is 0.375 e. The predicted molar refractivity (Wildman–Crippen MR) is 84.0 cm³/mol. The Hall–Kier alpha value is -2.62. The minimum atomic E-state index is -4.84. The SMILES string of the molecule is O=C(OP(=O)([O-])Oc1cccc2ccccc12)c1ccccc1. The minimum Gasteiger partial charge on any atom is -0.736 e. The highest BCUT2D eigenvalue weighted by atomic mass is 31.2. The highest BCUT2D eigenvalue weighted by molar-refractivity contribution is 7.47. The Balaban J connectivity index is 1.83. The molecule has 0 aliphatic rings. The van der Waals surface area contributed by atoms with E-state index in [1.807, 2.05) is 18.2 Å². The number of carbonyl (C=O) groups is 1. The van der Waals surface area contributed by atoms with Crippen molar-refractivity contribution < 1.29 is 23.3 Å². The second-order valence-corrected chi connectivity index (χ2v) is 6.02. The number of phosphoric ester groups is 1. The third-order valence-corrected chi connectivity index (χ3v) is 3.97. The molecule has 0 heterocycles. The zero-order chi connectivity index (χ0) is 16.3. The summed E-state index contributed by atoms with van der Waals surface area (Å²) >= 11 is 0.